The van der Waals surface area contributed by atoms with Gasteiger partial charge in [-0.3, -0.25) is 4.79 Å². The van der Waals surface area contributed by atoms with Crippen LogP contribution in [-0.4, -0.2) is 21.1 Å². The Morgan fingerprint density at radius 2 is 2.11 bits per heavy atom. The van der Waals surface area contributed by atoms with E-state index in [0.29, 0.717) is 29.8 Å². The first-order chi connectivity index (χ1) is 13.2. The Morgan fingerprint density at radius 3 is 2.89 bits per heavy atom. The molecule has 2 aromatic heterocycles. The minimum absolute atomic E-state index is 0.0992. The van der Waals surface area contributed by atoms with Crippen LogP contribution in [0, 0.1) is 6.92 Å². The van der Waals surface area contributed by atoms with Crippen molar-refractivity contribution in [3.8, 4) is 11.5 Å². The van der Waals surface area contributed by atoms with Crippen molar-refractivity contribution in [1.82, 2.24) is 15.2 Å². The number of anilines is 1. The van der Waals surface area contributed by atoms with Gasteiger partial charge in [0.05, 0.1) is 6.20 Å². The third kappa shape index (κ3) is 4.07. The topological polar surface area (TPSA) is 94.1 Å². The fourth-order valence-electron chi connectivity index (χ4n) is 3.44. The Bertz CT molecular complexity index is 911. The Labute approximate surface area is 157 Å². The molecule has 1 N–H and O–H groups in total. The number of aryl methyl sites for hydroxylation is 2. The number of benzene rings is 1. The van der Waals surface area contributed by atoms with Crippen LogP contribution < -0.4 is 5.32 Å². The first kappa shape index (κ1) is 17.5. The molecule has 0 aliphatic heterocycles. The number of oxazole rings is 1. The number of carbonyl (C=O) groups is 1. The van der Waals surface area contributed by atoms with Crippen molar-refractivity contribution in [3.63, 3.8) is 0 Å². The van der Waals surface area contributed by atoms with Crippen molar-refractivity contribution in [1.29, 1.82) is 0 Å². The molecule has 0 atom stereocenters. The second-order valence-electron chi connectivity index (χ2n) is 6.93. The molecule has 0 bridgehead atoms. The summed E-state index contributed by atoms with van der Waals surface area (Å²) in [6.45, 7) is 1.97. The lowest BCUT2D eigenvalue weighted by Crippen LogP contribution is -2.12. The normalized spacial score (nSPS) is 14.6. The van der Waals surface area contributed by atoms with Gasteiger partial charge in [0.15, 0.2) is 0 Å². The smallest absolute Gasteiger partial charge is 0.226 e. The first-order valence-electron chi connectivity index (χ1n) is 9.31. The van der Waals surface area contributed by atoms with E-state index >= 15 is 0 Å². The van der Waals surface area contributed by atoms with Gasteiger partial charge in [0.1, 0.15) is 6.26 Å². The summed E-state index contributed by atoms with van der Waals surface area (Å²) < 4.78 is 11.1. The Morgan fingerprint density at radius 1 is 1.26 bits per heavy atom. The second kappa shape index (κ2) is 7.73. The zero-order chi connectivity index (χ0) is 18.6. The maximum Gasteiger partial charge on any atom is 0.226 e. The second-order valence-corrected chi connectivity index (χ2v) is 6.93. The molecular formula is C20H22N4O3. The summed E-state index contributed by atoms with van der Waals surface area (Å²) in [6.07, 6.45) is 8.52. The average Bonchev–Trinajstić information content (AvgIpc) is 3.42. The highest BCUT2D eigenvalue weighted by Crippen LogP contribution is 2.33. The molecule has 1 fully saturated rings. The Hall–Kier alpha value is -2.96. The van der Waals surface area contributed by atoms with E-state index in [0.717, 1.165) is 29.9 Å². The predicted molar refractivity (Wildman–Crippen MR) is 99.1 cm³/mol. The van der Waals surface area contributed by atoms with Crippen LogP contribution in [0.15, 0.2) is 39.5 Å². The van der Waals surface area contributed by atoms with Gasteiger partial charge in [-0.2, -0.15) is 0 Å². The molecule has 0 radical (unpaired) electrons. The largest absolute Gasteiger partial charge is 0.445 e. The van der Waals surface area contributed by atoms with Crippen LogP contribution in [0.5, 0.6) is 0 Å². The fraction of sp³-hybridized carbons (Fsp3) is 0.400. The summed E-state index contributed by atoms with van der Waals surface area (Å²) in [5.74, 6) is 2.07. The molecule has 1 aliphatic carbocycles. The fourth-order valence-corrected chi connectivity index (χ4v) is 3.44. The lowest BCUT2D eigenvalue weighted by atomic mass is 10.1. The maximum atomic E-state index is 12.3. The summed E-state index contributed by atoms with van der Waals surface area (Å²) >= 11 is 0. The summed E-state index contributed by atoms with van der Waals surface area (Å²) in [5.41, 5.74) is 2.59. The molecule has 140 valence electrons. The van der Waals surface area contributed by atoms with Crippen LogP contribution in [0.3, 0.4) is 0 Å². The third-order valence-corrected chi connectivity index (χ3v) is 4.94. The van der Waals surface area contributed by atoms with Crippen LogP contribution >= 0.6 is 0 Å². The monoisotopic (exact) mass is 366 g/mol. The molecule has 1 aliphatic rings. The van der Waals surface area contributed by atoms with E-state index in [2.05, 4.69) is 20.5 Å². The molecule has 1 aromatic carbocycles. The van der Waals surface area contributed by atoms with Crippen molar-refractivity contribution < 1.29 is 13.6 Å². The molecule has 0 spiro atoms. The van der Waals surface area contributed by atoms with E-state index < -0.39 is 0 Å². The lowest BCUT2D eigenvalue weighted by molar-refractivity contribution is -0.116. The van der Waals surface area contributed by atoms with Crippen molar-refractivity contribution in [2.45, 2.75) is 51.4 Å². The number of aromatic nitrogens is 3. The van der Waals surface area contributed by atoms with Gasteiger partial charge in [0, 0.05) is 30.0 Å². The number of carbonyl (C=O) groups excluding carboxylic acids is 1. The highest BCUT2D eigenvalue weighted by molar-refractivity contribution is 5.91. The molecule has 1 saturated carbocycles. The van der Waals surface area contributed by atoms with Gasteiger partial charge >= 0.3 is 0 Å². The highest BCUT2D eigenvalue weighted by atomic mass is 16.4. The minimum atomic E-state index is -0.0992. The summed E-state index contributed by atoms with van der Waals surface area (Å²) in [4.78, 5) is 16.5. The van der Waals surface area contributed by atoms with Gasteiger partial charge in [-0.05, 0) is 37.5 Å². The molecule has 3 aromatic rings. The zero-order valence-electron chi connectivity index (χ0n) is 15.3. The van der Waals surface area contributed by atoms with E-state index in [1.165, 1.54) is 19.1 Å². The molecule has 0 saturated heterocycles. The molecule has 0 unspecified atom stereocenters. The predicted octanol–water partition coefficient (Wildman–Crippen LogP) is 4.26. The Kier molecular flexibility index (Phi) is 5.00. The summed E-state index contributed by atoms with van der Waals surface area (Å²) in [6, 6.07) is 5.66. The SMILES string of the molecule is Cc1ccc(NC(=O)CCc2nnc(C3CCCC3)o2)cc1-c1ncco1. The molecule has 7 nitrogen and oxygen atoms in total. The van der Waals surface area contributed by atoms with E-state index in [1.807, 2.05) is 25.1 Å². The molecule has 27 heavy (non-hydrogen) atoms. The number of hydrogen-bond acceptors (Lipinski definition) is 6. The van der Waals surface area contributed by atoms with Gasteiger partial charge in [-0.15, -0.1) is 10.2 Å². The summed E-state index contributed by atoms with van der Waals surface area (Å²) in [5, 5.41) is 11.1. The van der Waals surface area contributed by atoms with Gasteiger partial charge in [0.2, 0.25) is 23.6 Å². The number of amides is 1. The quantitative estimate of drug-likeness (QED) is 0.700. The molecular weight excluding hydrogens is 344 g/mol. The van der Waals surface area contributed by atoms with E-state index in [-0.39, 0.29) is 12.3 Å². The van der Waals surface area contributed by atoms with E-state index in [4.69, 9.17) is 8.83 Å². The van der Waals surface area contributed by atoms with Crippen LogP contribution in [0.1, 0.15) is 55.4 Å². The van der Waals surface area contributed by atoms with Crippen molar-refractivity contribution in [2.75, 3.05) is 5.32 Å². The number of rotatable bonds is 6. The van der Waals surface area contributed by atoms with Gasteiger partial charge in [0.25, 0.3) is 0 Å². The van der Waals surface area contributed by atoms with E-state index in [9.17, 15) is 4.79 Å². The minimum Gasteiger partial charge on any atom is -0.445 e. The van der Waals surface area contributed by atoms with Crippen LogP contribution in [0.4, 0.5) is 5.69 Å². The van der Waals surface area contributed by atoms with Crippen LogP contribution in [0.25, 0.3) is 11.5 Å². The first-order valence-corrected chi connectivity index (χ1v) is 9.31. The van der Waals surface area contributed by atoms with Crippen molar-refractivity contribution in [2.24, 2.45) is 0 Å². The van der Waals surface area contributed by atoms with E-state index in [1.54, 1.807) is 6.20 Å². The third-order valence-electron chi connectivity index (χ3n) is 4.94. The average molecular weight is 366 g/mol. The molecule has 2 heterocycles. The van der Waals surface area contributed by atoms with Crippen LogP contribution in [-0.2, 0) is 11.2 Å². The molecule has 7 heteroatoms. The Balaban J connectivity index is 1.35. The van der Waals surface area contributed by atoms with Gasteiger partial charge < -0.3 is 14.2 Å². The van der Waals surface area contributed by atoms with Gasteiger partial charge in [-0.25, -0.2) is 4.98 Å². The highest BCUT2D eigenvalue weighted by Gasteiger charge is 2.22. The van der Waals surface area contributed by atoms with Crippen molar-refractivity contribution >= 4 is 11.6 Å². The molecule has 1 amide bonds. The maximum absolute atomic E-state index is 12.3. The lowest BCUT2D eigenvalue weighted by Gasteiger charge is -2.08. The number of nitrogens with zero attached hydrogens (tertiary/aromatic N) is 3. The zero-order valence-corrected chi connectivity index (χ0v) is 15.3. The standard InChI is InChI=1S/C20H22N4O3/c1-13-6-7-15(12-16(13)20-21-10-11-26-20)22-17(25)8-9-18-23-24-19(27-18)14-4-2-3-5-14/h6-7,10-12,14H,2-5,8-9H2,1H3,(H,22,25). The van der Waals surface area contributed by atoms with Crippen molar-refractivity contribution in [3.05, 3.63) is 48.0 Å². The molecule has 4 rings (SSSR count). The van der Waals surface area contributed by atoms with Gasteiger partial charge in [-0.1, -0.05) is 18.9 Å². The number of hydrogen-bond donors (Lipinski definition) is 1. The summed E-state index contributed by atoms with van der Waals surface area (Å²) in [7, 11) is 0. The van der Waals surface area contributed by atoms with Crippen LogP contribution in [0.2, 0.25) is 0 Å². The number of nitrogens with one attached hydrogen (secondary N) is 1.